The summed E-state index contributed by atoms with van der Waals surface area (Å²) in [6.45, 7) is 20.2. The van der Waals surface area contributed by atoms with Crippen molar-refractivity contribution in [2.45, 2.75) is 79.1 Å². The summed E-state index contributed by atoms with van der Waals surface area (Å²) in [4.78, 5) is 11.5. The fourth-order valence-electron chi connectivity index (χ4n) is 4.89. The Morgan fingerprint density at radius 3 is 1.61 bits per heavy atom. The normalized spacial score (nSPS) is 14.6. The molecule has 4 N–H and O–H groups in total. The Labute approximate surface area is 200 Å². The van der Waals surface area contributed by atoms with Crippen LogP contribution < -0.4 is 21.3 Å². The van der Waals surface area contributed by atoms with E-state index in [0.29, 0.717) is 30.2 Å². The van der Waals surface area contributed by atoms with Crippen LogP contribution in [0.5, 0.6) is 0 Å². The minimum absolute atomic E-state index is 0.0420. The highest BCUT2D eigenvalue weighted by molar-refractivity contribution is 6.02. The molecular weight excluding hydrogens is 408 g/mol. The number of hydrogen-bond donors (Lipinski definition) is 4. The fraction of sp³-hybridized carbons (Fsp3) is 0.536. The number of carbonyl (C=O) groups is 1. The van der Waals surface area contributed by atoms with Crippen LogP contribution in [0.25, 0.3) is 0 Å². The molecule has 2 aliphatic rings. The number of anilines is 4. The zero-order valence-corrected chi connectivity index (χ0v) is 21.6. The van der Waals surface area contributed by atoms with E-state index in [-0.39, 0.29) is 5.91 Å². The average Bonchev–Trinajstić information content (AvgIpc) is 2.77. The van der Waals surface area contributed by atoms with Crippen LogP contribution in [0.15, 0.2) is 24.3 Å². The Kier molecular flexibility index (Phi) is 7.93. The second kappa shape index (κ2) is 10.5. The van der Waals surface area contributed by atoms with E-state index in [1.807, 2.05) is 0 Å². The molecule has 4 rings (SSSR count). The lowest BCUT2D eigenvalue weighted by atomic mass is 9.88. The highest BCUT2D eigenvalue weighted by atomic mass is 16.2. The van der Waals surface area contributed by atoms with E-state index in [9.17, 15) is 4.79 Å². The predicted molar refractivity (Wildman–Crippen MR) is 143 cm³/mol. The quantitative estimate of drug-likeness (QED) is 0.402. The van der Waals surface area contributed by atoms with Crippen LogP contribution >= 0.6 is 0 Å². The molecule has 2 aromatic carbocycles. The monoisotopic (exact) mass is 450 g/mol. The van der Waals surface area contributed by atoms with Gasteiger partial charge in [-0.2, -0.15) is 0 Å². The third kappa shape index (κ3) is 5.45. The molecule has 2 aliphatic heterocycles. The number of amides is 1. The maximum atomic E-state index is 11.5. The van der Waals surface area contributed by atoms with Gasteiger partial charge < -0.3 is 21.3 Å². The second-order valence-corrected chi connectivity index (χ2v) is 10.4. The molecule has 5 nitrogen and oxygen atoms in total. The highest BCUT2D eigenvalue weighted by Gasteiger charge is 2.22. The smallest absolute Gasteiger partial charge is 0.243 e. The van der Waals surface area contributed by atoms with Crippen LogP contribution in [-0.4, -0.2) is 25.5 Å². The van der Waals surface area contributed by atoms with Crippen LogP contribution in [0.1, 0.15) is 101 Å². The average molecular weight is 451 g/mol. The van der Waals surface area contributed by atoms with Crippen molar-refractivity contribution in [1.29, 1.82) is 0 Å². The topological polar surface area (TPSA) is 65.2 Å². The number of fused-ring (bicyclic) bond motifs is 2. The molecule has 2 heterocycles. The van der Waals surface area contributed by atoms with Crippen molar-refractivity contribution < 1.29 is 4.79 Å². The molecule has 0 bridgehead atoms. The fourth-order valence-corrected chi connectivity index (χ4v) is 4.89. The largest absolute Gasteiger partial charge is 0.382 e. The van der Waals surface area contributed by atoms with Gasteiger partial charge in [0.2, 0.25) is 5.91 Å². The Bertz CT molecular complexity index is 992. The summed E-state index contributed by atoms with van der Waals surface area (Å²) < 4.78 is 0. The van der Waals surface area contributed by atoms with Crippen LogP contribution in [0.2, 0.25) is 0 Å². The van der Waals surface area contributed by atoms with Gasteiger partial charge in [0, 0.05) is 13.1 Å². The molecule has 0 aliphatic carbocycles. The molecule has 1 amide bonds. The first-order valence-electron chi connectivity index (χ1n) is 12.5. The van der Waals surface area contributed by atoms with Gasteiger partial charge in [-0.05, 0) is 58.1 Å². The summed E-state index contributed by atoms with van der Waals surface area (Å²) >= 11 is 0. The van der Waals surface area contributed by atoms with Gasteiger partial charge in [-0.3, -0.25) is 4.79 Å². The molecule has 33 heavy (non-hydrogen) atoms. The summed E-state index contributed by atoms with van der Waals surface area (Å²) in [6.07, 6.45) is 0. The third-order valence-corrected chi connectivity index (χ3v) is 6.40. The van der Waals surface area contributed by atoms with E-state index < -0.39 is 0 Å². The van der Waals surface area contributed by atoms with Gasteiger partial charge in [-0.25, -0.2) is 0 Å². The Hall–Kier alpha value is -2.69. The van der Waals surface area contributed by atoms with Crippen molar-refractivity contribution in [2.24, 2.45) is 0 Å². The standard InChI is InChI=1S/C14H20N2O.C14H22N2/c1-8(2)10-5-6-11-14(13(10)9(3)4)16-12(17)7-15-11;1-9(2)11-5-6-12-14(13(11)10(3)4)16-8-7-15-12/h5-6,8-9,15H,7H2,1-4H3,(H,16,17);5-6,9-10,15-16H,7-8H2,1-4H3. The zero-order chi connectivity index (χ0) is 24.3. The van der Waals surface area contributed by atoms with Crippen molar-refractivity contribution in [3.63, 3.8) is 0 Å². The van der Waals surface area contributed by atoms with Crippen LogP contribution in [0.4, 0.5) is 22.7 Å². The van der Waals surface area contributed by atoms with E-state index >= 15 is 0 Å². The number of benzene rings is 2. The Morgan fingerprint density at radius 1 is 0.606 bits per heavy atom. The van der Waals surface area contributed by atoms with Crippen molar-refractivity contribution >= 4 is 28.7 Å². The van der Waals surface area contributed by atoms with E-state index in [1.54, 1.807) is 0 Å². The predicted octanol–water partition coefficient (Wildman–Crippen LogP) is 7.07. The lowest BCUT2D eigenvalue weighted by Crippen LogP contribution is -2.28. The first-order valence-corrected chi connectivity index (χ1v) is 12.5. The molecular formula is C28H42N4O. The van der Waals surface area contributed by atoms with Gasteiger partial charge in [-0.1, -0.05) is 67.5 Å². The van der Waals surface area contributed by atoms with Crippen LogP contribution in [-0.2, 0) is 4.79 Å². The van der Waals surface area contributed by atoms with E-state index in [0.717, 1.165) is 24.5 Å². The van der Waals surface area contributed by atoms with Crippen molar-refractivity contribution in [3.05, 3.63) is 46.5 Å². The summed E-state index contributed by atoms with van der Waals surface area (Å²) in [5.74, 6) is 2.07. The van der Waals surface area contributed by atoms with E-state index in [4.69, 9.17) is 0 Å². The number of hydrogen-bond acceptors (Lipinski definition) is 4. The Balaban J connectivity index is 0.000000186. The molecule has 0 fully saturated rings. The molecule has 0 atom stereocenters. The molecule has 5 heteroatoms. The first-order chi connectivity index (χ1) is 15.6. The van der Waals surface area contributed by atoms with Crippen LogP contribution in [0, 0.1) is 0 Å². The van der Waals surface area contributed by atoms with Crippen molar-refractivity contribution in [3.8, 4) is 0 Å². The SMILES string of the molecule is CC(C)c1ccc2c(c1C(C)C)NC(=O)CN2.CC(C)c1ccc2c(c1C(C)C)NCCN2. The zero-order valence-electron chi connectivity index (χ0n) is 21.6. The van der Waals surface area contributed by atoms with Gasteiger partial charge in [0.05, 0.1) is 29.3 Å². The van der Waals surface area contributed by atoms with Crippen molar-refractivity contribution in [2.75, 3.05) is 40.9 Å². The maximum absolute atomic E-state index is 11.5. The van der Waals surface area contributed by atoms with Gasteiger partial charge in [-0.15, -0.1) is 0 Å². The summed E-state index contributed by atoms with van der Waals surface area (Å²) in [6, 6.07) is 8.72. The first kappa shape index (κ1) is 24.9. The van der Waals surface area contributed by atoms with E-state index in [2.05, 4.69) is 101 Å². The molecule has 0 unspecified atom stereocenters. The summed E-state index contributed by atoms with van der Waals surface area (Å²) in [5.41, 5.74) is 10.2. The van der Waals surface area contributed by atoms with Crippen molar-refractivity contribution in [1.82, 2.24) is 0 Å². The highest BCUT2D eigenvalue weighted by Crippen LogP contribution is 2.39. The van der Waals surface area contributed by atoms with Gasteiger partial charge in [0.25, 0.3) is 0 Å². The number of rotatable bonds is 4. The summed E-state index contributed by atoms with van der Waals surface area (Å²) in [7, 11) is 0. The summed E-state index contributed by atoms with van der Waals surface area (Å²) in [5, 5.41) is 13.2. The van der Waals surface area contributed by atoms with E-state index in [1.165, 1.54) is 33.6 Å². The number of nitrogens with one attached hydrogen (secondary N) is 4. The minimum atomic E-state index is 0.0420. The Morgan fingerprint density at radius 2 is 1.09 bits per heavy atom. The van der Waals surface area contributed by atoms with Gasteiger partial charge in [0.1, 0.15) is 0 Å². The van der Waals surface area contributed by atoms with Gasteiger partial charge >= 0.3 is 0 Å². The third-order valence-electron chi connectivity index (χ3n) is 6.40. The van der Waals surface area contributed by atoms with Gasteiger partial charge in [0.15, 0.2) is 0 Å². The lowest BCUT2D eigenvalue weighted by Gasteiger charge is -2.27. The molecule has 0 aromatic heterocycles. The second-order valence-electron chi connectivity index (χ2n) is 10.4. The molecule has 2 aromatic rings. The molecule has 0 saturated heterocycles. The molecule has 0 saturated carbocycles. The number of carbonyl (C=O) groups excluding carboxylic acids is 1. The minimum Gasteiger partial charge on any atom is -0.382 e. The maximum Gasteiger partial charge on any atom is 0.243 e. The molecule has 0 spiro atoms. The molecule has 180 valence electrons. The van der Waals surface area contributed by atoms with Crippen LogP contribution in [0.3, 0.4) is 0 Å². The molecule has 0 radical (unpaired) electrons. The lowest BCUT2D eigenvalue weighted by molar-refractivity contribution is -0.114.